The van der Waals surface area contributed by atoms with Crippen molar-refractivity contribution >= 4 is 0 Å². The molecule has 0 bridgehead atoms. The second kappa shape index (κ2) is 3.78. The van der Waals surface area contributed by atoms with Crippen LogP contribution in [0.1, 0.15) is 17.0 Å². The number of nitrogens with zero attached hydrogens (tertiary/aromatic N) is 4. The van der Waals surface area contributed by atoms with Gasteiger partial charge in [0.2, 0.25) is 0 Å². The minimum absolute atomic E-state index is 0.310. The van der Waals surface area contributed by atoms with Gasteiger partial charge in [0.25, 0.3) is 0 Å². The van der Waals surface area contributed by atoms with Gasteiger partial charge in [-0.25, -0.2) is 0 Å². The fourth-order valence-corrected chi connectivity index (χ4v) is 1.36. The summed E-state index contributed by atoms with van der Waals surface area (Å²) in [7, 11) is 0. The van der Waals surface area contributed by atoms with E-state index in [1.54, 1.807) is 0 Å². The van der Waals surface area contributed by atoms with Crippen LogP contribution < -0.4 is 5.73 Å². The molecule has 5 heteroatoms. The first-order chi connectivity index (χ1) is 7.20. The summed E-state index contributed by atoms with van der Waals surface area (Å²) in [5.74, 6) is 0.552. The fourth-order valence-electron chi connectivity index (χ4n) is 1.36. The largest absolute Gasteiger partial charge is 0.324 e. The molecule has 15 heavy (non-hydrogen) atoms. The summed E-state index contributed by atoms with van der Waals surface area (Å²) in [6.45, 7) is 4.36. The zero-order valence-corrected chi connectivity index (χ0v) is 8.81. The number of benzene rings is 1. The lowest BCUT2D eigenvalue weighted by atomic mass is 10.1. The van der Waals surface area contributed by atoms with E-state index in [-0.39, 0.29) is 0 Å². The number of rotatable bonds is 2. The first-order valence-corrected chi connectivity index (χ1v) is 4.77. The highest BCUT2D eigenvalue weighted by Gasteiger charge is 2.05. The van der Waals surface area contributed by atoms with Gasteiger partial charge < -0.3 is 5.73 Å². The molecule has 5 nitrogen and oxygen atoms in total. The number of aromatic nitrogens is 4. The molecule has 2 N–H and O–H groups in total. The van der Waals surface area contributed by atoms with Crippen LogP contribution >= 0.6 is 0 Å². The van der Waals surface area contributed by atoms with Gasteiger partial charge in [-0.2, -0.15) is 0 Å². The molecule has 78 valence electrons. The molecule has 0 unspecified atom stereocenters. The zero-order chi connectivity index (χ0) is 10.8. The van der Waals surface area contributed by atoms with Crippen molar-refractivity contribution in [1.29, 1.82) is 0 Å². The minimum Gasteiger partial charge on any atom is -0.324 e. The predicted molar refractivity (Wildman–Crippen MR) is 56.5 cm³/mol. The third-order valence-corrected chi connectivity index (χ3v) is 2.22. The lowest BCUT2D eigenvalue weighted by molar-refractivity contribution is 0.713. The van der Waals surface area contributed by atoms with E-state index in [1.807, 2.05) is 26.0 Å². The smallest absolute Gasteiger partial charge is 0.188 e. The Labute approximate surface area is 87.9 Å². The molecule has 0 radical (unpaired) electrons. The van der Waals surface area contributed by atoms with Gasteiger partial charge in [0.05, 0.1) is 12.2 Å². The third kappa shape index (κ3) is 1.87. The van der Waals surface area contributed by atoms with Gasteiger partial charge in [0.15, 0.2) is 5.82 Å². The molecule has 1 aromatic heterocycles. The highest BCUT2D eigenvalue weighted by molar-refractivity contribution is 5.41. The van der Waals surface area contributed by atoms with Gasteiger partial charge in [-0.3, -0.25) is 0 Å². The minimum atomic E-state index is 0.310. The molecular formula is C10H13N5. The van der Waals surface area contributed by atoms with Gasteiger partial charge in [0.1, 0.15) is 0 Å². The van der Waals surface area contributed by atoms with Crippen LogP contribution in [0.2, 0.25) is 0 Å². The topological polar surface area (TPSA) is 69.6 Å². The van der Waals surface area contributed by atoms with Gasteiger partial charge in [-0.1, -0.05) is 12.1 Å². The maximum Gasteiger partial charge on any atom is 0.188 e. The first kappa shape index (κ1) is 9.79. The van der Waals surface area contributed by atoms with Crippen LogP contribution in [0.3, 0.4) is 0 Å². The Kier molecular flexibility index (Phi) is 2.47. The summed E-state index contributed by atoms with van der Waals surface area (Å²) in [6.07, 6.45) is 0. The molecule has 0 saturated heterocycles. The van der Waals surface area contributed by atoms with Crippen molar-refractivity contribution in [3.63, 3.8) is 0 Å². The van der Waals surface area contributed by atoms with Gasteiger partial charge >= 0.3 is 0 Å². The molecule has 0 aliphatic rings. The molecule has 0 fully saturated rings. The van der Waals surface area contributed by atoms with Crippen molar-refractivity contribution in [3.8, 4) is 5.69 Å². The molecular weight excluding hydrogens is 190 g/mol. The summed E-state index contributed by atoms with van der Waals surface area (Å²) >= 11 is 0. The molecule has 1 heterocycles. The molecule has 0 aliphatic carbocycles. The highest BCUT2D eigenvalue weighted by Crippen LogP contribution is 2.13. The Morgan fingerprint density at radius 1 is 1.33 bits per heavy atom. The predicted octanol–water partition coefficient (Wildman–Crippen LogP) is 0.738. The summed E-state index contributed by atoms with van der Waals surface area (Å²) < 4.78 is 0. The molecule has 0 spiro atoms. The number of nitrogens with two attached hydrogens (primary N) is 1. The second-order valence-electron chi connectivity index (χ2n) is 3.49. The van der Waals surface area contributed by atoms with Crippen LogP contribution in [0.15, 0.2) is 18.2 Å². The number of hydrogen-bond donors (Lipinski definition) is 1. The van der Waals surface area contributed by atoms with Crippen LogP contribution in [-0.4, -0.2) is 20.2 Å². The number of tetrazole rings is 1. The Bertz CT molecular complexity index is 474. The Balaban J connectivity index is 2.48. The Morgan fingerprint density at radius 2 is 2.13 bits per heavy atom. The van der Waals surface area contributed by atoms with Crippen molar-refractivity contribution in [2.45, 2.75) is 20.4 Å². The molecule has 0 aliphatic heterocycles. The van der Waals surface area contributed by atoms with E-state index in [1.165, 1.54) is 10.4 Å². The zero-order valence-electron chi connectivity index (χ0n) is 8.81. The molecule has 0 atom stereocenters. The van der Waals surface area contributed by atoms with Crippen molar-refractivity contribution < 1.29 is 0 Å². The van der Waals surface area contributed by atoms with Crippen molar-refractivity contribution in [3.05, 3.63) is 35.2 Å². The molecule has 2 aromatic rings. The van der Waals surface area contributed by atoms with Crippen LogP contribution in [0.5, 0.6) is 0 Å². The van der Waals surface area contributed by atoms with Crippen LogP contribution in [0.25, 0.3) is 5.69 Å². The van der Waals surface area contributed by atoms with Crippen LogP contribution in [0.4, 0.5) is 0 Å². The standard InChI is InChI=1S/C10H13N5/c1-7-3-4-8(2)9(5-7)15-13-10(6-11)12-14-15/h3-5H,6,11H2,1-2H3. The van der Waals surface area contributed by atoms with Crippen LogP contribution in [-0.2, 0) is 6.54 Å². The maximum absolute atomic E-state index is 5.43. The molecule has 1 aromatic carbocycles. The summed E-state index contributed by atoms with van der Waals surface area (Å²) in [5.41, 5.74) is 8.66. The van der Waals surface area contributed by atoms with E-state index in [4.69, 9.17) is 5.73 Å². The average Bonchev–Trinajstić information content (AvgIpc) is 2.70. The summed E-state index contributed by atoms with van der Waals surface area (Å²) in [4.78, 5) is 1.52. The average molecular weight is 203 g/mol. The van der Waals surface area contributed by atoms with E-state index in [9.17, 15) is 0 Å². The van der Waals surface area contributed by atoms with E-state index >= 15 is 0 Å². The fraction of sp³-hybridized carbons (Fsp3) is 0.300. The summed E-state index contributed by atoms with van der Waals surface area (Å²) in [6, 6.07) is 6.12. The van der Waals surface area contributed by atoms with Gasteiger partial charge in [0, 0.05) is 0 Å². The van der Waals surface area contributed by atoms with Crippen molar-refractivity contribution in [2.24, 2.45) is 5.73 Å². The number of aryl methyl sites for hydroxylation is 2. The Morgan fingerprint density at radius 3 is 2.80 bits per heavy atom. The van der Waals surface area contributed by atoms with Gasteiger partial charge in [-0.05, 0) is 36.3 Å². The molecule has 0 saturated carbocycles. The van der Waals surface area contributed by atoms with Gasteiger partial charge in [-0.15, -0.1) is 15.0 Å². The monoisotopic (exact) mass is 203 g/mol. The number of hydrogen-bond acceptors (Lipinski definition) is 4. The van der Waals surface area contributed by atoms with E-state index in [2.05, 4.69) is 21.5 Å². The van der Waals surface area contributed by atoms with E-state index in [0.717, 1.165) is 11.3 Å². The highest BCUT2D eigenvalue weighted by atomic mass is 15.6. The second-order valence-corrected chi connectivity index (χ2v) is 3.49. The van der Waals surface area contributed by atoms with Crippen LogP contribution in [0, 0.1) is 13.8 Å². The van der Waals surface area contributed by atoms with E-state index < -0.39 is 0 Å². The lowest BCUT2D eigenvalue weighted by Gasteiger charge is -2.03. The maximum atomic E-state index is 5.43. The third-order valence-electron chi connectivity index (χ3n) is 2.22. The quantitative estimate of drug-likeness (QED) is 0.781. The first-order valence-electron chi connectivity index (χ1n) is 4.77. The molecule has 0 amide bonds. The summed E-state index contributed by atoms with van der Waals surface area (Å²) in [5, 5.41) is 12.0. The SMILES string of the molecule is Cc1ccc(C)c(-n2nnc(CN)n2)c1. The van der Waals surface area contributed by atoms with Crippen molar-refractivity contribution in [1.82, 2.24) is 20.2 Å². The normalized spacial score (nSPS) is 10.6. The Hall–Kier alpha value is -1.75. The van der Waals surface area contributed by atoms with Crippen molar-refractivity contribution in [2.75, 3.05) is 0 Å². The lowest BCUT2D eigenvalue weighted by Crippen LogP contribution is -2.03. The van der Waals surface area contributed by atoms with E-state index in [0.29, 0.717) is 12.4 Å². The molecule has 2 rings (SSSR count).